The Morgan fingerprint density at radius 1 is 1.08 bits per heavy atom. The molecule has 0 aliphatic carbocycles. The van der Waals surface area contributed by atoms with E-state index in [1.54, 1.807) is 21.6 Å². The van der Waals surface area contributed by atoms with E-state index in [1.807, 2.05) is 29.2 Å². The summed E-state index contributed by atoms with van der Waals surface area (Å²) < 4.78 is 0. The monoisotopic (exact) mass is 373 g/mol. The lowest BCUT2D eigenvalue weighted by Gasteiger charge is -2.35. The fourth-order valence-electron chi connectivity index (χ4n) is 3.82. The van der Waals surface area contributed by atoms with Gasteiger partial charge >= 0.3 is 0 Å². The molecule has 4 rings (SSSR count). The lowest BCUT2D eigenvalue weighted by molar-refractivity contribution is -0.153. The van der Waals surface area contributed by atoms with Crippen molar-refractivity contribution in [2.75, 3.05) is 31.3 Å². The number of nitrogens with zero attached hydrogens (tertiary/aromatic N) is 3. The fraction of sp³-hybridized carbons (Fsp3) is 0.526. The van der Waals surface area contributed by atoms with Gasteiger partial charge < -0.3 is 14.7 Å². The van der Waals surface area contributed by atoms with Crippen molar-refractivity contribution < 1.29 is 14.4 Å². The van der Waals surface area contributed by atoms with E-state index < -0.39 is 0 Å². The van der Waals surface area contributed by atoms with Crippen molar-refractivity contribution in [3.63, 3.8) is 0 Å². The Bertz CT molecular complexity index is 715. The highest BCUT2D eigenvalue weighted by Gasteiger charge is 2.42. The molecule has 1 atom stereocenters. The van der Waals surface area contributed by atoms with Gasteiger partial charge in [0.1, 0.15) is 12.6 Å². The first-order chi connectivity index (χ1) is 12.6. The second-order valence-corrected chi connectivity index (χ2v) is 8.12. The van der Waals surface area contributed by atoms with E-state index >= 15 is 0 Å². The van der Waals surface area contributed by atoms with E-state index in [-0.39, 0.29) is 30.3 Å². The van der Waals surface area contributed by atoms with E-state index in [4.69, 9.17) is 0 Å². The standard InChI is InChI=1S/C19H23N3O3S/c23-17-11-21(19(25)16-12-26-13-22(16)17)10-14-4-6-15(7-5-14)18(24)20-8-2-1-3-9-20/h4-7,16H,1-3,8-13H2. The molecule has 0 radical (unpaired) electrons. The molecule has 0 spiro atoms. The summed E-state index contributed by atoms with van der Waals surface area (Å²) in [6.07, 6.45) is 3.35. The number of hydrogen-bond acceptors (Lipinski definition) is 4. The first-order valence-electron chi connectivity index (χ1n) is 9.18. The first kappa shape index (κ1) is 17.4. The summed E-state index contributed by atoms with van der Waals surface area (Å²) in [7, 11) is 0. The molecule has 138 valence electrons. The zero-order valence-electron chi connectivity index (χ0n) is 14.7. The van der Waals surface area contributed by atoms with Gasteiger partial charge in [0, 0.05) is 31.0 Å². The molecule has 6 nitrogen and oxygen atoms in total. The van der Waals surface area contributed by atoms with Crippen molar-refractivity contribution in [3.8, 4) is 0 Å². The minimum Gasteiger partial charge on any atom is -0.339 e. The minimum absolute atomic E-state index is 0.0245. The number of carbonyl (C=O) groups is 3. The molecule has 0 bridgehead atoms. The number of piperidine rings is 1. The summed E-state index contributed by atoms with van der Waals surface area (Å²) in [5, 5.41) is 0. The van der Waals surface area contributed by atoms with Gasteiger partial charge in [-0.3, -0.25) is 14.4 Å². The summed E-state index contributed by atoms with van der Waals surface area (Å²) in [6, 6.07) is 7.15. The predicted molar refractivity (Wildman–Crippen MR) is 99.6 cm³/mol. The van der Waals surface area contributed by atoms with Crippen LogP contribution in [-0.2, 0) is 16.1 Å². The Morgan fingerprint density at radius 3 is 2.54 bits per heavy atom. The first-order valence-corrected chi connectivity index (χ1v) is 10.3. The molecule has 1 aromatic rings. The molecule has 1 aromatic carbocycles. The van der Waals surface area contributed by atoms with Crippen molar-refractivity contribution in [1.29, 1.82) is 0 Å². The van der Waals surface area contributed by atoms with Crippen molar-refractivity contribution >= 4 is 29.5 Å². The van der Waals surface area contributed by atoms with Gasteiger partial charge in [0.15, 0.2) is 0 Å². The van der Waals surface area contributed by atoms with Crippen molar-refractivity contribution in [2.24, 2.45) is 0 Å². The lowest BCUT2D eigenvalue weighted by Crippen LogP contribution is -2.57. The number of hydrogen-bond donors (Lipinski definition) is 0. The Kier molecular flexibility index (Phi) is 4.89. The molecule has 3 heterocycles. The van der Waals surface area contributed by atoms with E-state index in [0.717, 1.165) is 31.5 Å². The largest absolute Gasteiger partial charge is 0.339 e. The topological polar surface area (TPSA) is 60.9 Å². The molecule has 0 aromatic heterocycles. The van der Waals surface area contributed by atoms with Crippen LogP contribution < -0.4 is 0 Å². The third-order valence-electron chi connectivity index (χ3n) is 5.34. The molecule has 0 N–H and O–H groups in total. The molecular weight excluding hydrogens is 350 g/mol. The number of rotatable bonds is 3. The third-order valence-corrected chi connectivity index (χ3v) is 6.36. The summed E-state index contributed by atoms with van der Waals surface area (Å²) in [6.45, 7) is 2.23. The Morgan fingerprint density at radius 2 is 1.81 bits per heavy atom. The Hall–Kier alpha value is -2.02. The highest BCUT2D eigenvalue weighted by atomic mass is 32.2. The SMILES string of the molecule is O=C(c1ccc(CN2CC(=O)N3CSCC3C2=O)cc1)N1CCCCC1. The van der Waals surface area contributed by atoms with Gasteiger partial charge in [-0.25, -0.2) is 0 Å². The third kappa shape index (κ3) is 3.32. The van der Waals surface area contributed by atoms with Crippen LogP contribution >= 0.6 is 11.8 Å². The number of amides is 3. The second kappa shape index (κ2) is 7.31. The molecule has 1 unspecified atom stereocenters. The quantitative estimate of drug-likeness (QED) is 0.807. The maximum Gasteiger partial charge on any atom is 0.253 e. The summed E-state index contributed by atoms with van der Waals surface area (Å²) in [5.41, 5.74) is 1.63. The van der Waals surface area contributed by atoms with Gasteiger partial charge in [-0.05, 0) is 37.0 Å². The van der Waals surface area contributed by atoms with Crippen LogP contribution in [0.4, 0.5) is 0 Å². The molecule has 3 fully saturated rings. The van der Waals surface area contributed by atoms with Crippen molar-refractivity contribution in [2.45, 2.75) is 31.8 Å². The number of piperazine rings is 1. The summed E-state index contributed by atoms with van der Waals surface area (Å²) in [4.78, 5) is 42.6. The zero-order chi connectivity index (χ0) is 18.1. The van der Waals surface area contributed by atoms with Crippen molar-refractivity contribution in [3.05, 3.63) is 35.4 Å². The Labute approximate surface area is 157 Å². The van der Waals surface area contributed by atoms with Crippen LogP contribution in [0.25, 0.3) is 0 Å². The molecular formula is C19H23N3O3S. The van der Waals surface area contributed by atoms with Gasteiger partial charge in [-0.1, -0.05) is 12.1 Å². The number of fused-ring (bicyclic) bond motifs is 1. The summed E-state index contributed by atoms with van der Waals surface area (Å²) >= 11 is 1.63. The van der Waals surface area contributed by atoms with Crippen LogP contribution in [0.1, 0.15) is 35.2 Å². The second-order valence-electron chi connectivity index (χ2n) is 7.12. The maximum atomic E-state index is 12.6. The maximum absolute atomic E-state index is 12.6. The van der Waals surface area contributed by atoms with Crippen molar-refractivity contribution in [1.82, 2.24) is 14.7 Å². The van der Waals surface area contributed by atoms with E-state index in [0.29, 0.717) is 23.7 Å². The van der Waals surface area contributed by atoms with Gasteiger partial charge in [0.05, 0.1) is 5.88 Å². The van der Waals surface area contributed by atoms with E-state index in [2.05, 4.69) is 0 Å². The van der Waals surface area contributed by atoms with E-state index in [9.17, 15) is 14.4 Å². The lowest BCUT2D eigenvalue weighted by atomic mass is 10.1. The normalized spacial score (nSPS) is 23.4. The average molecular weight is 373 g/mol. The summed E-state index contributed by atoms with van der Waals surface area (Å²) in [5.74, 6) is 1.44. The van der Waals surface area contributed by atoms with Crippen LogP contribution in [0.15, 0.2) is 24.3 Å². The van der Waals surface area contributed by atoms with Gasteiger partial charge in [0.25, 0.3) is 5.91 Å². The molecule has 7 heteroatoms. The van der Waals surface area contributed by atoms with Crippen LogP contribution in [0.2, 0.25) is 0 Å². The minimum atomic E-state index is -0.304. The molecule has 0 saturated carbocycles. The van der Waals surface area contributed by atoms with Crippen LogP contribution in [0.3, 0.4) is 0 Å². The predicted octanol–water partition coefficient (Wildman–Crippen LogP) is 1.56. The number of likely N-dealkylation sites (tertiary alicyclic amines) is 1. The van der Waals surface area contributed by atoms with Crippen LogP contribution in [-0.4, -0.2) is 69.7 Å². The Balaban J connectivity index is 1.41. The highest BCUT2D eigenvalue weighted by Crippen LogP contribution is 2.26. The van der Waals surface area contributed by atoms with Gasteiger partial charge in [-0.15, -0.1) is 11.8 Å². The van der Waals surface area contributed by atoms with E-state index in [1.165, 1.54) is 6.42 Å². The molecule has 3 amide bonds. The molecule has 26 heavy (non-hydrogen) atoms. The van der Waals surface area contributed by atoms with Crippen LogP contribution in [0.5, 0.6) is 0 Å². The van der Waals surface area contributed by atoms with Gasteiger partial charge in [0.2, 0.25) is 11.8 Å². The highest BCUT2D eigenvalue weighted by molar-refractivity contribution is 7.99. The number of carbonyl (C=O) groups excluding carboxylic acids is 3. The fourth-order valence-corrected chi connectivity index (χ4v) is 4.99. The molecule has 3 saturated heterocycles. The smallest absolute Gasteiger partial charge is 0.253 e. The average Bonchev–Trinajstić information content (AvgIpc) is 3.17. The number of benzene rings is 1. The zero-order valence-corrected chi connectivity index (χ0v) is 15.5. The molecule has 3 aliphatic heterocycles. The number of thioether (sulfide) groups is 1. The molecule has 3 aliphatic rings. The van der Waals surface area contributed by atoms with Gasteiger partial charge in [-0.2, -0.15) is 0 Å². The van der Waals surface area contributed by atoms with Crippen LogP contribution in [0, 0.1) is 0 Å².